The summed E-state index contributed by atoms with van der Waals surface area (Å²) in [7, 11) is 0. The number of aliphatic hydroxyl groups is 1. The number of nitrogens with zero attached hydrogens (tertiary/aromatic N) is 1. The molecule has 0 saturated heterocycles. The molecule has 1 atom stereocenters. The van der Waals surface area contributed by atoms with Gasteiger partial charge in [-0.3, -0.25) is 0 Å². The Morgan fingerprint density at radius 1 is 1.18 bits per heavy atom. The Kier molecular flexibility index (Phi) is 6.00. The molecule has 1 N–H and O–H groups in total. The highest BCUT2D eigenvalue weighted by Crippen LogP contribution is 2.31. The van der Waals surface area contributed by atoms with Gasteiger partial charge in [0.2, 0.25) is 0 Å². The molecule has 0 amide bonds. The van der Waals surface area contributed by atoms with Crippen molar-refractivity contribution in [3.63, 3.8) is 0 Å². The summed E-state index contributed by atoms with van der Waals surface area (Å²) in [6.45, 7) is 2.50. The van der Waals surface area contributed by atoms with Gasteiger partial charge >= 0.3 is 0 Å². The number of ether oxygens (including phenoxy) is 1. The molecule has 0 heterocycles. The molecular weight excluding hydrogens is 274 g/mol. The minimum atomic E-state index is -0.261. The maximum absolute atomic E-state index is 9.57. The van der Waals surface area contributed by atoms with Crippen molar-refractivity contribution in [2.24, 2.45) is 0 Å². The van der Waals surface area contributed by atoms with E-state index in [1.54, 1.807) is 12.1 Å². The van der Waals surface area contributed by atoms with Crippen molar-refractivity contribution in [3.8, 4) is 22.9 Å². The predicted octanol–water partition coefficient (Wildman–Crippen LogP) is 4.16. The molecule has 0 aromatic heterocycles. The van der Waals surface area contributed by atoms with Crippen molar-refractivity contribution in [1.29, 1.82) is 5.26 Å². The molecule has 0 saturated carbocycles. The fourth-order valence-electron chi connectivity index (χ4n) is 2.27. The van der Waals surface area contributed by atoms with Gasteiger partial charge in [0.15, 0.2) is 0 Å². The molecule has 0 fully saturated rings. The summed E-state index contributed by atoms with van der Waals surface area (Å²) >= 11 is 0. The monoisotopic (exact) mass is 295 g/mol. The van der Waals surface area contributed by atoms with Gasteiger partial charge in [0.1, 0.15) is 5.75 Å². The second-order valence-electron chi connectivity index (χ2n) is 5.24. The molecule has 0 radical (unpaired) electrons. The molecule has 0 aliphatic carbocycles. The summed E-state index contributed by atoms with van der Waals surface area (Å²) < 4.78 is 5.87. The van der Waals surface area contributed by atoms with Crippen LogP contribution in [-0.2, 0) is 0 Å². The maximum atomic E-state index is 9.57. The molecule has 3 heteroatoms. The number of nitriles is 1. The fraction of sp³-hybridized carbons (Fsp3) is 0.316. The van der Waals surface area contributed by atoms with E-state index < -0.39 is 0 Å². The van der Waals surface area contributed by atoms with E-state index in [0.29, 0.717) is 12.2 Å². The van der Waals surface area contributed by atoms with Gasteiger partial charge in [-0.2, -0.15) is 5.26 Å². The van der Waals surface area contributed by atoms with E-state index in [-0.39, 0.29) is 6.10 Å². The van der Waals surface area contributed by atoms with Crippen molar-refractivity contribution in [1.82, 2.24) is 0 Å². The zero-order valence-electron chi connectivity index (χ0n) is 12.8. The Morgan fingerprint density at radius 3 is 2.64 bits per heavy atom. The fourth-order valence-corrected chi connectivity index (χ4v) is 2.27. The summed E-state index contributed by atoms with van der Waals surface area (Å²) in [6.07, 6.45) is 2.02. The van der Waals surface area contributed by atoms with Gasteiger partial charge in [-0.15, -0.1) is 0 Å². The van der Waals surface area contributed by atoms with Gasteiger partial charge in [0.25, 0.3) is 0 Å². The standard InChI is InChI=1S/C19H21NO2/c1-2-17(21)9-6-12-22-19-13-15(14-20)10-11-18(19)16-7-4-3-5-8-16/h3-5,7-8,10-11,13,17,21H,2,6,9,12H2,1H3. The van der Waals surface area contributed by atoms with Crippen molar-refractivity contribution in [2.45, 2.75) is 32.3 Å². The van der Waals surface area contributed by atoms with E-state index in [9.17, 15) is 5.11 Å². The second kappa shape index (κ2) is 8.21. The molecule has 1 unspecified atom stereocenters. The van der Waals surface area contributed by atoms with Crippen LogP contribution in [0.5, 0.6) is 5.75 Å². The Morgan fingerprint density at radius 2 is 1.95 bits per heavy atom. The SMILES string of the molecule is CCC(O)CCCOc1cc(C#N)ccc1-c1ccccc1. The normalized spacial score (nSPS) is 11.7. The van der Waals surface area contributed by atoms with Crippen LogP contribution in [0.2, 0.25) is 0 Å². The quantitative estimate of drug-likeness (QED) is 0.780. The lowest BCUT2D eigenvalue weighted by molar-refractivity contribution is 0.149. The van der Waals surface area contributed by atoms with Crippen molar-refractivity contribution >= 4 is 0 Å². The lowest BCUT2D eigenvalue weighted by Crippen LogP contribution is -2.07. The third kappa shape index (κ3) is 4.34. The summed E-state index contributed by atoms with van der Waals surface area (Å²) in [5, 5.41) is 18.6. The van der Waals surface area contributed by atoms with Crippen LogP contribution >= 0.6 is 0 Å². The van der Waals surface area contributed by atoms with E-state index in [2.05, 4.69) is 6.07 Å². The molecule has 0 spiro atoms. The van der Waals surface area contributed by atoms with Crippen molar-refractivity contribution < 1.29 is 9.84 Å². The zero-order chi connectivity index (χ0) is 15.8. The summed E-state index contributed by atoms with van der Waals surface area (Å²) in [4.78, 5) is 0. The third-order valence-corrected chi connectivity index (χ3v) is 3.61. The van der Waals surface area contributed by atoms with Gasteiger partial charge in [-0.1, -0.05) is 37.3 Å². The molecule has 22 heavy (non-hydrogen) atoms. The third-order valence-electron chi connectivity index (χ3n) is 3.61. The lowest BCUT2D eigenvalue weighted by Gasteiger charge is -2.13. The van der Waals surface area contributed by atoms with Crippen molar-refractivity contribution in [3.05, 3.63) is 54.1 Å². The van der Waals surface area contributed by atoms with Crippen LogP contribution in [0, 0.1) is 11.3 Å². The predicted molar refractivity (Wildman–Crippen MR) is 87.6 cm³/mol. The minimum Gasteiger partial charge on any atom is -0.493 e. The largest absolute Gasteiger partial charge is 0.493 e. The number of benzene rings is 2. The molecule has 0 aliphatic rings. The summed E-state index contributed by atoms with van der Waals surface area (Å²) in [5.74, 6) is 0.719. The Labute approximate surface area is 131 Å². The first-order valence-electron chi connectivity index (χ1n) is 7.65. The smallest absolute Gasteiger partial charge is 0.128 e. The Hall–Kier alpha value is -2.31. The Balaban J connectivity index is 2.12. The van der Waals surface area contributed by atoms with Crippen LogP contribution in [0.15, 0.2) is 48.5 Å². The topological polar surface area (TPSA) is 53.2 Å². The van der Waals surface area contributed by atoms with Crippen LogP contribution in [0.4, 0.5) is 0 Å². The first-order chi connectivity index (χ1) is 10.7. The number of aliphatic hydroxyl groups excluding tert-OH is 1. The highest BCUT2D eigenvalue weighted by Gasteiger charge is 2.08. The molecule has 2 aromatic carbocycles. The molecule has 0 bridgehead atoms. The van der Waals surface area contributed by atoms with Gasteiger partial charge in [-0.25, -0.2) is 0 Å². The summed E-state index contributed by atoms with van der Waals surface area (Å²) in [6, 6.07) is 17.6. The minimum absolute atomic E-state index is 0.261. The molecule has 114 valence electrons. The van der Waals surface area contributed by atoms with Gasteiger partial charge in [0, 0.05) is 5.56 Å². The highest BCUT2D eigenvalue weighted by molar-refractivity contribution is 5.71. The second-order valence-corrected chi connectivity index (χ2v) is 5.24. The van der Waals surface area contributed by atoms with Gasteiger partial charge in [0.05, 0.1) is 24.3 Å². The van der Waals surface area contributed by atoms with Crippen LogP contribution in [-0.4, -0.2) is 17.8 Å². The van der Waals surface area contributed by atoms with Crippen LogP contribution < -0.4 is 4.74 Å². The van der Waals surface area contributed by atoms with Crippen LogP contribution in [0.1, 0.15) is 31.7 Å². The van der Waals surface area contributed by atoms with Crippen LogP contribution in [0.25, 0.3) is 11.1 Å². The number of rotatable bonds is 7. The molecular formula is C19H21NO2. The molecule has 0 aliphatic heterocycles. The van der Waals surface area contributed by atoms with E-state index in [1.807, 2.05) is 43.3 Å². The molecule has 3 nitrogen and oxygen atoms in total. The van der Waals surface area contributed by atoms with E-state index >= 15 is 0 Å². The highest BCUT2D eigenvalue weighted by atomic mass is 16.5. The first-order valence-corrected chi connectivity index (χ1v) is 7.65. The average molecular weight is 295 g/mol. The molecule has 2 aromatic rings. The van der Waals surface area contributed by atoms with E-state index in [1.165, 1.54) is 0 Å². The van der Waals surface area contributed by atoms with Gasteiger partial charge < -0.3 is 9.84 Å². The lowest BCUT2D eigenvalue weighted by atomic mass is 10.0. The van der Waals surface area contributed by atoms with Crippen molar-refractivity contribution in [2.75, 3.05) is 6.61 Å². The van der Waals surface area contributed by atoms with E-state index in [0.717, 1.165) is 36.1 Å². The summed E-state index contributed by atoms with van der Waals surface area (Å²) in [5.41, 5.74) is 2.63. The first kappa shape index (κ1) is 16.1. The zero-order valence-corrected chi connectivity index (χ0v) is 12.8. The maximum Gasteiger partial charge on any atom is 0.128 e. The average Bonchev–Trinajstić information content (AvgIpc) is 2.59. The molecule has 2 rings (SSSR count). The number of hydrogen-bond acceptors (Lipinski definition) is 3. The Bertz CT molecular complexity index is 632. The van der Waals surface area contributed by atoms with Gasteiger partial charge in [-0.05, 0) is 43.0 Å². The number of hydrogen-bond donors (Lipinski definition) is 1. The van der Waals surface area contributed by atoms with Crippen LogP contribution in [0.3, 0.4) is 0 Å². The van der Waals surface area contributed by atoms with E-state index in [4.69, 9.17) is 10.00 Å².